The van der Waals surface area contributed by atoms with Crippen molar-refractivity contribution < 1.29 is 8.42 Å². The third-order valence-electron chi connectivity index (χ3n) is 4.59. The van der Waals surface area contributed by atoms with E-state index in [1.807, 2.05) is 32.2 Å². The zero-order valence-electron chi connectivity index (χ0n) is 17.4. The normalized spacial score (nSPS) is 11.3. The minimum absolute atomic E-state index is 0.267. The van der Waals surface area contributed by atoms with Crippen molar-refractivity contribution in [2.75, 3.05) is 10.0 Å². The van der Waals surface area contributed by atoms with Crippen molar-refractivity contribution in [3.05, 3.63) is 83.9 Å². The number of benzene rings is 2. The fraction of sp³-hybridized carbons (Fsp3) is 0.136. The van der Waals surface area contributed by atoms with E-state index in [-0.39, 0.29) is 4.90 Å². The van der Waals surface area contributed by atoms with Gasteiger partial charge in [0.2, 0.25) is 0 Å². The van der Waals surface area contributed by atoms with E-state index >= 15 is 0 Å². The molecule has 0 saturated heterocycles. The van der Waals surface area contributed by atoms with Gasteiger partial charge in [0.25, 0.3) is 10.0 Å². The molecule has 2 aromatic heterocycles. The smallest absolute Gasteiger partial charge is 0.262 e. The van der Waals surface area contributed by atoms with Gasteiger partial charge in [0.1, 0.15) is 11.6 Å². The number of aryl methyl sites for hydroxylation is 3. The van der Waals surface area contributed by atoms with Crippen LogP contribution in [0.4, 0.5) is 17.2 Å². The Bertz CT molecular complexity index is 1320. The summed E-state index contributed by atoms with van der Waals surface area (Å²) in [7, 11) is -3.67. The molecule has 0 fully saturated rings. The lowest BCUT2D eigenvalue weighted by atomic mass is 10.2. The predicted octanol–water partition coefficient (Wildman–Crippen LogP) is 4.13. The second-order valence-electron chi connectivity index (χ2n) is 7.19. The number of nitrogens with zero attached hydrogens (tertiary/aromatic N) is 4. The Labute approximate surface area is 181 Å². The van der Waals surface area contributed by atoms with Crippen molar-refractivity contribution in [2.24, 2.45) is 0 Å². The summed E-state index contributed by atoms with van der Waals surface area (Å²) in [4.78, 5) is 9.06. The lowest BCUT2D eigenvalue weighted by Crippen LogP contribution is -2.14. The zero-order chi connectivity index (χ0) is 22.0. The highest BCUT2D eigenvalue weighted by atomic mass is 32.2. The van der Waals surface area contributed by atoms with E-state index in [9.17, 15) is 8.42 Å². The SMILES string of the molecule is Cc1ccc(S(=O)(=O)Nc2ccc(Nc3cc(-n4cccn4)nc(C)n3)cc2)c(C)c1. The Morgan fingerprint density at radius 1 is 0.903 bits per heavy atom. The van der Waals surface area contributed by atoms with Gasteiger partial charge in [0.05, 0.1) is 4.90 Å². The number of hydrogen-bond acceptors (Lipinski definition) is 6. The number of aromatic nitrogens is 4. The molecule has 0 atom stereocenters. The molecule has 0 saturated carbocycles. The van der Waals surface area contributed by atoms with E-state index in [1.54, 1.807) is 60.3 Å². The second-order valence-corrected chi connectivity index (χ2v) is 8.84. The van der Waals surface area contributed by atoms with Gasteiger partial charge in [-0.1, -0.05) is 17.7 Å². The topological polar surface area (TPSA) is 102 Å². The van der Waals surface area contributed by atoms with Crippen LogP contribution in [0, 0.1) is 20.8 Å². The van der Waals surface area contributed by atoms with Gasteiger partial charge in [-0.15, -0.1) is 0 Å². The van der Waals surface area contributed by atoms with E-state index < -0.39 is 10.0 Å². The molecule has 0 aliphatic rings. The van der Waals surface area contributed by atoms with Crippen molar-refractivity contribution in [2.45, 2.75) is 25.7 Å². The van der Waals surface area contributed by atoms with Crippen LogP contribution in [0.15, 0.2) is 71.9 Å². The van der Waals surface area contributed by atoms with Gasteiger partial charge in [-0.3, -0.25) is 4.72 Å². The molecule has 0 bridgehead atoms. The molecular formula is C22H22N6O2S. The van der Waals surface area contributed by atoms with E-state index in [4.69, 9.17) is 0 Å². The third-order valence-corrected chi connectivity index (χ3v) is 6.13. The highest BCUT2D eigenvalue weighted by Crippen LogP contribution is 2.23. The van der Waals surface area contributed by atoms with Gasteiger partial charge in [0, 0.05) is 29.8 Å². The Hall–Kier alpha value is -3.72. The number of rotatable bonds is 6. The average Bonchev–Trinajstić information content (AvgIpc) is 3.23. The van der Waals surface area contributed by atoms with Gasteiger partial charge in [-0.25, -0.2) is 23.1 Å². The maximum atomic E-state index is 12.7. The highest BCUT2D eigenvalue weighted by Gasteiger charge is 2.17. The van der Waals surface area contributed by atoms with Crippen molar-refractivity contribution in [1.82, 2.24) is 19.7 Å². The molecule has 0 aliphatic heterocycles. The van der Waals surface area contributed by atoms with Crippen LogP contribution in [0.1, 0.15) is 17.0 Å². The number of anilines is 3. The quantitative estimate of drug-likeness (QED) is 0.473. The van der Waals surface area contributed by atoms with E-state index in [1.165, 1.54) is 0 Å². The predicted molar refractivity (Wildman–Crippen MR) is 120 cm³/mol. The maximum absolute atomic E-state index is 12.7. The van der Waals surface area contributed by atoms with Crippen molar-refractivity contribution in [3.8, 4) is 5.82 Å². The summed E-state index contributed by atoms with van der Waals surface area (Å²) in [5.41, 5.74) is 2.96. The van der Waals surface area contributed by atoms with Gasteiger partial charge < -0.3 is 5.32 Å². The van der Waals surface area contributed by atoms with E-state index in [0.717, 1.165) is 11.3 Å². The summed E-state index contributed by atoms with van der Waals surface area (Å²) >= 11 is 0. The number of nitrogens with one attached hydrogen (secondary N) is 2. The Morgan fingerprint density at radius 3 is 2.32 bits per heavy atom. The molecular weight excluding hydrogens is 412 g/mol. The number of hydrogen-bond donors (Lipinski definition) is 2. The molecule has 4 aromatic rings. The summed E-state index contributed by atoms with van der Waals surface area (Å²) in [6, 6.07) is 15.8. The van der Waals surface area contributed by atoms with Crippen LogP contribution in [0.25, 0.3) is 5.82 Å². The molecule has 8 nitrogen and oxygen atoms in total. The minimum atomic E-state index is -3.67. The highest BCUT2D eigenvalue weighted by molar-refractivity contribution is 7.92. The van der Waals surface area contributed by atoms with Crippen molar-refractivity contribution in [3.63, 3.8) is 0 Å². The third kappa shape index (κ3) is 4.72. The zero-order valence-corrected chi connectivity index (χ0v) is 18.2. The van der Waals surface area contributed by atoms with Gasteiger partial charge in [0.15, 0.2) is 5.82 Å². The van der Waals surface area contributed by atoms with Crippen LogP contribution in [0.5, 0.6) is 0 Å². The fourth-order valence-corrected chi connectivity index (χ4v) is 4.50. The molecule has 0 unspecified atom stereocenters. The summed E-state index contributed by atoms with van der Waals surface area (Å²) in [5, 5.41) is 7.41. The first kappa shape index (κ1) is 20.5. The standard InChI is InChI=1S/C22H22N6O2S/c1-15-5-10-20(16(2)13-15)31(29,30)27-19-8-6-18(7-9-19)26-21-14-22(25-17(3)24-21)28-12-4-11-23-28/h4-14,27H,1-3H3,(H,24,25,26). The average molecular weight is 435 g/mol. The summed E-state index contributed by atoms with van der Waals surface area (Å²) < 4.78 is 29.8. The fourth-order valence-electron chi connectivity index (χ4n) is 3.22. The lowest BCUT2D eigenvalue weighted by molar-refractivity contribution is 0.600. The first-order valence-electron chi connectivity index (χ1n) is 9.63. The largest absolute Gasteiger partial charge is 0.340 e. The number of sulfonamides is 1. The summed E-state index contributed by atoms with van der Waals surface area (Å²) in [5.74, 6) is 1.87. The molecule has 31 heavy (non-hydrogen) atoms. The monoisotopic (exact) mass is 434 g/mol. The van der Waals surface area contributed by atoms with Gasteiger partial charge in [-0.05, 0) is 62.7 Å². The van der Waals surface area contributed by atoms with E-state index in [0.29, 0.717) is 28.7 Å². The molecule has 2 heterocycles. The van der Waals surface area contributed by atoms with Crippen LogP contribution in [0.2, 0.25) is 0 Å². The molecule has 158 valence electrons. The molecule has 9 heteroatoms. The lowest BCUT2D eigenvalue weighted by Gasteiger charge is -2.12. The Morgan fingerprint density at radius 2 is 1.65 bits per heavy atom. The van der Waals surface area contributed by atoms with Gasteiger partial charge >= 0.3 is 0 Å². The Balaban J connectivity index is 1.51. The maximum Gasteiger partial charge on any atom is 0.262 e. The van der Waals surface area contributed by atoms with Crippen molar-refractivity contribution in [1.29, 1.82) is 0 Å². The molecule has 0 amide bonds. The second kappa shape index (κ2) is 8.19. The van der Waals surface area contributed by atoms with Crippen LogP contribution < -0.4 is 10.0 Å². The van der Waals surface area contributed by atoms with Crippen molar-refractivity contribution >= 4 is 27.2 Å². The molecule has 0 spiro atoms. The molecule has 2 N–H and O–H groups in total. The first-order valence-corrected chi connectivity index (χ1v) is 11.1. The Kier molecular flexibility index (Phi) is 5.43. The first-order chi connectivity index (χ1) is 14.8. The molecule has 2 aromatic carbocycles. The van der Waals surface area contributed by atoms with Crippen LogP contribution in [-0.2, 0) is 10.0 Å². The molecule has 4 rings (SSSR count). The molecule has 0 radical (unpaired) electrons. The van der Waals surface area contributed by atoms with Crippen LogP contribution >= 0.6 is 0 Å². The summed E-state index contributed by atoms with van der Waals surface area (Å²) in [6.45, 7) is 5.53. The van der Waals surface area contributed by atoms with Gasteiger partial charge in [-0.2, -0.15) is 5.10 Å². The van der Waals surface area contributed by atoms with E-state index in [2.05, 4.69) is 25.1 Å². The van der Waals surface area contributed by atoms with Crippen LogP contribution in [0.3, 0.4) is 0 Å². The molecule has 0 aliphatic carbocycles. The summed E-state index contributed by atoms with van der Waals surface area (Å²) in [6.07, 6.45) is 3.49. The minimum Gasteiger partial charge on any atom is -0.340 e. The van der Waals surface area contributed by atoms with Crippen LogP contribution in [-0.4, -0.2) is 28.2 Å².